The van der Waals surface area contributed by atoms with Gasteiger partial charge in [-0.1, -0.05) is 18.2 Å². The molecule has 0 saturated carbocycles. The van der Waals surface area contributed by atoms with E-state index in [2.05, 4.69) is 33.3 Å². The molecule has 1 aromatic carbocycles. The lowest BCUT2D eigenvalue weighted by Crippen LogP contribution is -2.56. The van der Waals surface area contributed by atoms with Gasteiger partial charge in [0.1, 0.15) is 0 Å². The van der Waals surface area contributed by atoms with Crippen molar-refractivity contribution in [3.05, 3.63) is 29.3 Å². The van der Waals surface area contributed by atoms with Crippen LogP contribution in [0.2, 0.25) is 0 Å². The summed E-state index contributed by atoms with van der Waals surface area (Å²) >= 11 is 0. The maximum Gasteiger partial charge on any atom is 0.282 e. The summed E-state index contributed by atoms with van der Waals surface area (Å²) in [6.07, 6.45) is 1.10. The van der Waals surface area contributed by atoms with Gasteiger partial charge in [-0.05, 0) is 24.6 Å². The number of benzene rings is 1. The highest BCUT2D eigenvalue weighted by molar-refractivity contribution is 7.86. The summed E-state index contributed by atoms with van der Waals surface area (Å²) in [4.78, 5) is 4.54. The fourth-order valence-corrected chi connectivity index (χ4v) is 5.66. The highest BCUT2D eigenvalue weighted by atomic mass is 35.5. The number of nitrogens with zero attached hydrogens (tertiary/aromatic N) is 4. The minimum atomic E-state index is -3.31. The first kappa shape index (κ1) is 20.8. The fraction of sp³-hybridized carbons (Fsp3) is 0.667. The fourth-order valence-electron chi connectivity index (χ4n) is 4.08. The molecule has 0 amide bonds. The van der Waals surface area contributed by atoms with Crippen LogP contribution in [0.3, 0.4) is 0 Å². The molecule has 2 saturated heterocycles. The van der Waals surface area contributed by atoms with E-state index in [4.69, 9.17) is 0 Å². The lowest BCUT2D eigenvalue weighted by atomic mass is 10.1. The molecule has 3 aliphatic rings. The van der Waals surface area contributed by atoms with Gasteiger partial charge in [-0.25, -0.2) is 0 Å². The number of piperazine rings is 2. The molecule has 152 valence electrons. The van der Waals surface area contributed by atoms with Crippen LogP contribution in [0.5, 0.6) is 0 Å². The van der Waals surface area contributed by atoms with Gasteiger partial charge in [-0.3, -0.25) is 4.90 Å². The normalized spacial score (nSPS) is 22.9. The smallest absolute Gasteiger partial charge is 0.282 e. The van der Waals surface area contributed by atoms with Gasteiger partial charge in [0.25, 0.3) is 10.2 Å². The number of rotatable bonds is 4. The molecule has 0 bridgehead atoms. The minimum absolute atomic E-state index is 0. The van der Waals surface area contributed by atoms with Crippen LogP contribution < -0.4 is 5.32 Å². The van der Waals surface area contributed by atoms with Gasteiger partial charge in [-0.2, -0.15) is 17.0 Å². The Kier molecular flexibility index (Phi) is 6.66. The van der Waals surface area contributed by atoms with Crippen LogP contribution in [-0.2, 0) is 23.2 Å². The zero-order valence-corrected chi connectivity index (χ0v) is 17.6. The summed E-state index contributed by atoms with van der Waals surface area (Å²) in [5.41, 5.74) is 4.02. The molecular weight excluding hydrogens is 386 g/mol. The second-order valence-corrected chi connectivity index (χ2v) is 9.44. The van der Waals surface area contributed by atoms with Gasteiger partial charge in [0.2, 0.25) is 0 Å². The van der Waals surface area contributed by atoms with Gasteiger partial charge < -0.3 is 10.2 Å². The highest BCUT2D eigenvalue weighted by Crippen LogP contribution is 2.27. The van der Waals surface area contributed by atoms with E-state index in [1.54, 1.807) is 8.61 Å². The standard InChI is InChI=1S/C18H29N5O2S.ClH/c1-20-7-11-22(12-8-20)26(24,25)23-13-9-21(10-14-23)15-17-4-2-3-16-5-6-19-18(16)17;/h2-4,19H,5-15H2,1H3;1H. The Morgan fingerprint density at radius 1 is 0.963 bits per heavy atom. The molecule has 1 aromatic rings. The van der Waals surface area contributed by atoms with Crippen LogP contribution in [-0.4, -0.2) is 92.8 Å². The zero-order chi connectivity index (χ0) is 18.1. The van der Waals surface area contributed by atoms with Crippen molar-refractivity contribution in [1.82, 2.24) is 18.4 Å². The van der Waals surface area contributed by atoms with Crippen LogP contribution in [0.15, 0.2) is 18.2 Å². The van der Waals surface area contributed by atoms with Crippen molar-refractivity contribution in [1.29, 1.82) is 0 Å². The van der Waals surface area contributed by atoms with E-state index in [9.17, 15) is 8.42 Å². The first-order valence-corrected chi connectivity index (χ1v) is 10.9. The Balaban J connectivity index is 0.00000210. The Labute approximate surface area is 168 Å². The Bertz CT molecular complexity index is 744. The third-order valence-corrected chi connectivity index (χ3v) is 7.81. The van der Waals surface area contributed by atoms with Crippen molar-refractivity contribution in [2.45, 2.75) is 13.0 Å². The first-order valence-electron chi connectivity index (χ1n) is 9.55. The second-order valence-electron chi connectivity index (χ2n) is 7.51. The van der Waals surface area contributed by atoms with Gasteiger partial charge in [0, 0.05) is 71.1 Å². The number of likely N-dealkylation sites (N-methyl/N-ethyl adjacent to an activating group) is 1. The van der Waals surface area contributed by atoms with Crippen LogP contribution in [0.4, 0.5) is 5.69 Å². The summed E-state index contributed by atoms with van der Waals surface area (Å²) < 4.78 is 29.1. The summed E-state index contributed by atoms with van der Waals surface area (Å²) in [6.45, 7) is 7.46. The largest absolute Gasteiger partial charge is 0.384 e. The molecule has 0 unspecified atom stereocenters. The van der Waals surface area contributed by atoms with E-state index in [0.717, 1.165) is 45.7 Å². The van der Waals surface area contributed by atoms with E-state index in [0.29, 0.717) is 26.2 Å². The molecule has 0 aliphatic carbocycles. The SMILES string of the molecule is CN1CCN(S(=O)(=O)N2CCN(Cc3cccc4c3NCC4)CC2)CC1.Cl. The summed E-state index contributed by atoms with van der Waals surface area (Å²) in [5, 5.41) is 3.49. The molecule has 3 aliphatic heterocycles. The average molecular weight is 416 g/mol. The molecule has 0 aromatic heterocycles. The summed E-state index contributed by atoms with van der Waals surface area (Å²) in [7, 11) is -1.27. The van der Waals surface area contributed by atoms with Gasteiger partial charge in [0.15, 0.2) is 0 Å². The molecule has 0 atom stereocenters. The third kappa shape index (κ3) is 4.41. The molecular formula is C18H30ClN5O2S. The monoisotopic (exact) mass is 415 g/mol. The van der Waals surface area contributed by atoms with Crippen molar-refractivity contribution in [2.24, 2.45) is 0 Å². The van der Waals surface area contributed by atoms with Crippen LogP contribution in [0, 0.1) is 0 Å². The molecule has 4 rings (SSSR count). The summed E-state index contributed by atoms with van der Waals surface area (Å²) in [5.74, 6) is 0. The topological polar surface area (TPSA) is 59.1 Å². The molecule has 7 nitrogen and oxygen atoms in total. The number of hydrogen-bond acceptors (Lipinski definition) is 5. The van der Waals surface area contributed by atoms with Crippen molar-refractivity contribution >= 4 is 28.3 Å². The van der Waals surface area contributed by atoms with Crippen molar-refractivity contribution < 1.29 is 8.42 Å². The predicted octanol–water partition coefficient (Wildman–Crippen LogP) is 0.686. The quantitative estimate of drug-likeness (QED) is 0.783. The first-order chi connectivity index (χ1) is 12.5. The van der Waals surface area contributed by atoms with E-state index in [1.807, 2.05) is 7.05 Å². The van der Waals surface area contributed by atoms with Crippen molar-refractivity contribution in [3.8, 4) is 0 Å². The highest BCUT2D eigenvalue weighted by Gasteiger charge is 2.33. The maximum atomic E-state index is 12.9. The Morgan fingerprint density at radius 3 is 2.26 bits per heavy atom. The van der Waals surface area contributed by atoms with E-state index >= 15 is 0 Å². The summed E-state index contributed by atoms with van der Waals surface area (Å²) in [6, 6.07) is 6.51. The van der Waals surface area contributed by atoms with E-state index in [-0.39, 0.29) is 12.4 Å². The minimum Gasteiger partial charge on any atom is -0.384 e. The molecule has 1 N–H and O–H groups in total. The Hall–Kier alpha value is -0.900. The maximum absolute atomic E-state index is 12.9. The molecule has 9 heteroatoms. The molecule has 27 heavy (non-hydrogen) atoms. The lowest BCUT2D eigenvalue weighted by Gasteiger charge is -2.39. The number of nitrogens with one attached hydrogen (secondary N) is 1. The number of para-hydroxylation sites is 1. The van der Waals surface area contributed by atoms with Crippen LogP contribution in [0.25, 0.3) is 0 Å². The average Bonchev–Trinajstić information content (AvgIpc) is 3.12. The number of fused-ring (bicyclic) bond motifs is 1. The predicted molar refractivity (Wildman–Crippen MR) is 111 cm³/mol. The zero-order valence-electron chi connectivity index (χ0n) is 15.9. The third-order valence-electron chi connectivity index (χ3n) is 5.77. The number of anilines is 1. The Morgan fingerprint density at radius 2 is 1.59 bits per heavy atom. The number of halogens is 1. The lowest BCUT2D eigenvalue weighted by molar-refractivity contribution is 0.165. The molecule has 2 fully saturated rings. The second kappa shape index (κ2) is 8.63. The van der Waals surface area contributed by atoms with Crippen LogP contribution in [0.1, 0.15) is 11.1 Å². The molecule has 3 heterocycles. The van der Waals surface area contributed by atoms with Gasteiger partial charge in [0.05, 0.1) is 0 Å². The van der Waals surface area contributed by atoms with Crippen molar-refractivity contribution in [3.63, 3.8) is 0 Å². The van der Waals surface area contributed by atoms with Crippen molar-refractivity contribution in [2.75, 3.05) is 71.3 Å². The number of hydrogen-bond donors (Lipinski definition) is 1. The van der Waals surface area contributed by atoms with Gasteiger partial charge in [-0.15, -0.1) is 12.4 Å². The van der Waals surface area contributed by atoms with E-state index in [1.165, 1.54) is 16.8 Å². The van der Waals surface area contributed by atoms with Gasteiger partial charge >= 0.3 is 0 Å². The van der Waals surface area contributed by atoms with E-state index < -0.39 is 10.2 Å². The molecule has 0 spiro atoms. The van der Waals surface area contributed by atoms with Crippen LogP contribution >= 0.6 is 12.4 Å². The molecule has 0 radical (unpaired) electrons.